The second kappa shape index (κ2) is 9.94. The Labute approximate surface area is 175 Å². The first-order valence-corrected chi connectivity index (χ1v) is 10.4. The maximum absolute atomic E-state index is 12.3. The number of ether oxygens (including phenoxy) is 1. The summed E-state index contributed by atoms with van der Waals surface area (Å²) in [6, 6.07) is 22.5. The van der Waals surface area contributed by atoms with Crippen molar-refractivity contribution in [2.75, 3.05) is 12.4 Å². The van der Waals surface area contributed by atoms with Crippen molar-refractivity contribution < 1.29 is 14.3 Å². The minimum Gasteiger partial charge on any atom is -0.496 e. The highest BCUT2D eigenvalue weighted by Gasteiger charge is 2.09. The summed E-state index contributed by atoms with van der Waals surface area (Å²) >= 11 is 1.73. The third-order valence-corrected chi connectivity index (χ3v) is 5.51. The number of nitrogens with one attached hydrogen (secondary N) is 1. The molecule has 0 aromatic heterocycles. The van der Waals surface area contributed by atoms with Gasteiger partial charge in [-0.15, -0.1) is 0 Å². The summed E-state index contributed by atoms with van der Waals surface area (Å²) in [4.78, 5) is 23.9. The summed E-state index contributed by atoms with van der Waals surface area (Å²) < 4.78 is 5.40. The van der Waals surface area contributed by atoms with Gasteiger partial charge in [0.15, 0.2) is 5.78 Å². The number of benzene rings is 3. The zero-order valence-electron chi connectivity index (χ0n) is 16.5. The van der Waals surface area contributed by atoms with Gasteiger partial charge in [0.2, 0.25) is 0 Å². The molecular weight excluding hydrogens is 382 g/mol. The summed E-state index contributed by atoms with van der Waals surface area (Å²) in [6.07, 6.45) is 0. The normalized spacial score (nSPS) is 10.4. The fourth-order valence-corrected chi connectivity index (χ4v) is 3.84. The van der Waals surface area contributed by atoms with Crippen molar-refractivity contribution in [2.24, 2.45) is 0 Å². The lowest BCUT2D eigenvalue weighted by Crippen LogP contribution is -2.11. The van der Waals surface area contributed by atoms with E-state index in [1.807, 2.05) is 66.7 Å². The molecule has 0 spiro atoms. The Morgan fingerprint density at radius 3 is 2.24 bits per heavy atom. The van der Waals surface area contributed by atoms with Crippen molar-refractivity contribution >= 4 is 29.1 Å². The molecule has 4 nitrogen and oxygen atoms in total. The van der Waals surface area contributed by atoms with Crippen molar-refractivity contribution in [1.82, 2.24) is 0 Å². The van der Waals surface area contributed by atoms with Crippen molar-refractivity contribution in [3.05, 3.63) is 95.1 Å². The summed E-state index contributed by atoms with van der Waals surface area (Å²) in [5.41, 5.74) is 4.23. The molecule has 0 saturated carbocycles. The van der Waals surface area contributed by atoms with Gasteiger partial charge in [0.1, 0.15) is 5.75 Å². The summed E-state index contributed by atoms with van der Waals surface area (Å²) in [6.45, 7) is 1.56. The third kappa shape index (κ3) is 5.72. The monoisotopic (exact) mass is 405 g/mol. The fraction of sp³-hybridized carbons (Fsp3) is 0.167. The van der Waals surface area contributed by atoms with Gasteiger partial charge >= 0.3 is 0 Å². The van der Waals surface area contributed by atoms with Gasteiger partial charge in [-0.05, 0) is 55.0 Å². The molecule has 0 aliphatic carbocycles. The van der Waals surface area contributed by atoms with Gasteiger partial charge in [0, 0.05) is 33.9 Å². The summed E-state index contributed by atoms with van der Waals surface area (Å²) in [7, 11) is 1.64. The first kappa shape index (κ1) is 20.7. The average Bonchev–Trinajstić information content (AvgIpc) is 2.74. The second-order valence-corrected chi connectivity index (χ2v) is 7.58. The molecule has 29 heavy (non-hydrogen) atoms. The number of hydrogen-bond donors (Lipinski definition) is 1. The number of anilines is 1. The Kier molecular flexibility index (Phi) is 7.09. The van der Waals surface area contributed by atoms with E-state index in [9.17, 15) is 9.59 Å². The third-order valence-electron chi connectivity index (χ3n) is 4.46. The molecule has 1 N–H and O–H groups in total. The lowest BCUT2D eigenvalue weighted by atomic mass is 10.1. The molecule has 3 aromatic carbocycles. The van der Waals surface area contributed by atoms with Gasteiger partial charge in [-0.25, -0.2) is 0 Å². The van der Waals surface area contributed by atoms with Gasteiger partial charge in [-0.2, -0.15) is 11.8 Å². The van der Waals surface area contributed by atoms with Gasteiger partial charge in [-0.1, -0.05) is 30.3 Å². The van der Waals surface area contributed by atoms with Crippen LogP contribution in [0.3, 0.4) is 0 Å². The number of hydrogen-bond acceptors (Lipinski definition) is 4. The molecule has 3 rings (SSSR count). The molecule has 0 fully saturated rings. The van der Waals surface area contributed by atoms with Gasteiger partial charge < -0.3 is 10.1 Å². The van der Waals surface area contributed by atoms with Gasteiger partial charge in [0.25, 0.3) is 5.91 Å². The van der Waals surface area contributed by atoms with Crippen molar-refractivity contribution in [3.63, 3.8) is 0 Å². The number of ketones is 1. The first-order chi connectivity index (χ1) is 14.1. The van der Waals surface area contributed by atoms with E-state index in [1.54, 1.807) is 31.9 Å². The number of thioether (sulfide) groups is 1. The molecule has 148 valence electrons. The van der Waals surface area contributed by atoms with E-state index in [4.69, 9.17) is 4.74 Å². The number of carbonyl (C=O) groups excluding carboxylic acids is 2. The fourth-order valence-electron chi connectivity index (χ4n) is 2.87. The minimum absolute atomic E-state index is 0.0447. The van der Waals surface area contributed by atoms with Gasteiger partial charge in [0.05, 0.1) is 7.11 Å². The number of para-hydroxylation sites is 1. The topological polar surface area (TPSA) is 55.4 Å². The quantitative estimate of drug-likeness (QED) is 0.497. The van der Waals surface area contributed by atoms with Gasteiger partial charge in [-0.3, -0.25) is 9.59 Å². The predicted octanol–water partition coefficient (Wildman–Crippen LogP) is 5.58. The predicted molar refractivity (Wildman–Crippen MR) is 119 cm³/mol. The van der Waals surface area contributed by atoms with Crippen LogP contribution in [0.15, 0.2) is 72.8 Å². The Bertz CT molecular complexity index is 985. The van der Waals surface area contributed by atoms with Crippen molar-refractivity contribution in [2.45, 2.75) is 18.4 Å². The van der Waals surface area contributed by atoms with Crippen LogP contribution in [0.2, 0.25) is 0 Å². The van der Waals surface area contributed by atoms with Crippen LogP contribution in [0.25, 0.3) is 0 Å². The van der Waals surface area contributed by atoms with Crippen LogP contribution in [0.5, 0.6) is 5.75 Å². The Balaban J connectivity index is 1.57. The summed E-state index contributed by atoms with van der Waals surface area (Å²) in [5, 5.41) is 2.88. The van der Waals surface area contributed by atoms with E-state index in [0.717, 1.165) is 34.1 Å². The van der Waals surface area contributed by atoms with Crippen LogP contribution in [0.4, 0.5) is 5.69 Å². The zero-order valence-corrected chi connectivity index (χ0v) is 17.3. The lowest BCUT2D eigenvalue weighted by molar-refractivity contribution is 0.101. The van der Waals surface area contributed by atoms with E-state index in [-0.39, 0.29) is 11.7 Å². The molecular formula is C24H23NO3S. The second-order valence-electron chi connectivity index (χ2n) is 6.59. The number of carbonyl (C=O) groups is 2. The van der Waals surface area contributed by atoms with Crippen LogP contribution in [0, 0.1) is 0 Å². The lowest BCUT2D eigenvalue weighted by Gasteiger charge is -2.10. The highest BCUT2D eigenvalue weighted by atomic mass is 32.2. The zero-order chi connectivity index (χ0) is 20.6. The standard InChI is InChI=1S/C24H23NO3S/c1-17(26)20-12-13-23(28-2)21(14-20)16-29-15-18-8-10-19(11-9-18)24(27)25-22-6-4-3-5-7-22/h3-14H,15-16H2,1-2H3,(H,25,27). The molecule has 5 heteroatoms. The molecule has 0 radical (unpaired) electrons. The van der Waals surface area contributed by atoms with E-state index < -0.39 is 0 Å². The van der Waals surface area contributed by atoms with Crippen molar-refractivity contribution in [3.8, 4) is 5.75 Å². The number of rotatable bonds is 8. The van der Waals surface area contributed by atoms with E-state index >= 15 is 0 Å². The van der Waals surface area contributed by atoms with Crippen LogP contribution in [-0.2, 0) is 11.5 Å². The highest BCUT2D eigenvalue weighted by molar-refractivity contribution is 7.97. The first-order valence-electron chi connectivity index (χ1n) is 9.28. The maximum atomic E-state index is 12.3. The average molecular weight is 406 g/mol. The van der Waals surface area contributed by atoms with Crippen LogP contribution >= 0.6 is 11.8 Å². The minimum atomic E-state index is -0.124. The van der Waals surface area contributed by atoms with Crippen LogP contribution in [-0.4, -0.2) is 18.8 Å². The van der Waals surface area contributed by atoms with E-state index in [1.165, 1.54) is 0 Å². The van der Waals surface area contributed by atoms with E-state index in [2.05, 4.69) is 5.32 Å². The molecule has 3 aromatic rings. The maximum Gasteiger partial charge on any atom is 0.255 e. The number of Topliss-reactive ketones (excluding diaryl/α,β-unsaturated/α-hetero) is 1. The van der Waals surface area contributed by atoms with Crippen LogP contribution < -0.4 is 10.1 Å². The SMILES string of the molecule is COc1ccc(C(C)=O)cc1CSCc1ccc(C(=O)Nc2ccccc2)cc1. The Hall–Kier alpha value is -3.05. The molecule has 0 bridgehead atoms. The molecule has 0 aliphatic heterocycles. The molecule has 0 unspecified atom stereocenters. The molecule has 0 heterocycles. The summed E-state index contributed by atoms with van der Waals surface area (Å²) in [5.74, 6) is 2.24. The van der Waals surface area contributed by atoms with Crippen molar-refractivity contribution in [1.29, 1.82) is 0 Å². The van der Waals surface area contributed by atoms with Crippen LogP contribution in [0.1, 0.15) is 38.8 Å². The molecule has 1 amide bonds. The molecule has 0 saturated heterocycles. The number of amides is 1. The molecule has 0 atom stereocenters. The van der Waals surface area contributed by atoms with E-state index in [0.29, 0.717) is 11.1 Å². The largest absolute Gasteiger partial charge is 0.496 e. The number of methoxy groups -OCH3 is 1. The molecule has 0 aliphatic rings. The Morgan fingerprint density at radius 1 is 0.897 bits per heavy atom. The smallest absolute Gasteiger partial charge is 0.255 e. The highest BCUT2D eigenvalue weighted by Crippen LogP contribution is 2.26. The Morgan fingerprint density at radius 2 is 1.59 bits per heavy atom.